The molecule has 0 saturated carbocycles. The molecular weight excluding hydrogens is 211 g/mol. The van der Waals surface area contributed by atoms with E-state index in [1.165, 1.54) is 30.2 Å². The molecule has 0 aromatic rings. The van der Waals surface area contributed by atoms with Gasteiger partial charge in [0.05, 0.1) is 0 Å². The van der Waals surface area contributed by atoms with E-state index in [2.05, 4.69) is 13.8 Å². The lowest BCUT2D eigenvalue weighted by Crippen LogP contribution is -1.27. The lowest BCUT2D eigenvalue weighted by molar-refractivity contribution is 1.09. The van der Waals surface area contributed by atoms with Gasteiger partial charge in [0.2, 0.25) is 0 Å². The molecule has 0 aliphatic heterocycles. The van der Waals surface area contributed by atoms with E-state index in [9.17, 15) is 0 Å². The number of halogens is 1. The van der Waals surface area contributed by atoms with Gasteiger partial charge in [-0.2, -0.15) is 0 Å². The molecule has 0 aliphatic carbocycles. The Morgan fingerprint density at radius 2 is 1.38 bits per heavy atom. The Morgan fingerprint density at radius 1 is 1.25 bits per heavy atom. The van der Waals surface area contributed by atoms with Gasteiger partial charge in [0.15, 0.2) is 0 Å². The Kier molecular flexibility index (Phi) is 36.7. The Morgan fingerprint density at radius 3 is 1.38 bits per heavy atom. The molecule has 0 aliphatic rings. The molecule has 8 heavy (non-hydrogen) atoms. The fourth-order valence-electron chi connectivity index (χ4n) is 0. The van der Waals surface area contributed by atoms with Crippen LogP contribution in [0, 0.1) is 0 Å². The van der Waals surface area contributed by atoms with Gasteiger partial charge in [-0.25, -0.2) is 0 Å². The predicted octanol–water partition coefficient (Wildman–Crippen LogP) is 3.62. The van der Waals surface area contributed by atoms with Crippen LogP contribution in [0.4, 0.5) is 0 Å². The van der Waals surface area contributed by atoms with Crippen molar-refractivity contribution in [1.82, 2.24) is 0 Å². The normalized spacial score (nSPS) is 7.88. The van der Waals surface area contributed by atoms with Crippen molar-refractivity contribution in [3.63, 3.8) is 0 Å². The first-order valence-corrected chi connectivity index (χ1v) is 2.90. The van der Waals surface area contributed by atoms with Crippen LogP contribution in [0.3, 0.4) is 0 Å². The van der Waals surface area contributed by atoms with Gasteiger partial charge < -0.3 is 0 Å². The third-order valence-corrected chi connectivity index (χ3v) is 0.333. The van der Waals surface area contributed by atoms with E-state index in [1.807, 2.05) is 26.0 Å². The third-order valence-electron chi connectivity index (χ3n) is 0.333. The van der Waals surface area contributed by atoms with Crippen molar-refractivity contribution < 1.29 is 0 Å². The molecule has 0 amide bonds. The van der Waals surface area contributed by atoms with E-state index in [4.69, 9.17) is 0.594 Å². The molecule has 0 N–H and O–H groups in total. The molecule has 0 nitrogen and oxygen atoms in total. The molecule has 0 unspecified atom stereocenters. The average molecular weight is 229 g/mol. The maximum Gasteiger partial charge on any atom is 0.107 e. The maximum atomic E-state index is 5.72. The van der Waals surface area contributed by atoms with E-state index >= 15 is 0 Å². The van der Waals surface area contributed by atoms with Crippen molar-refractivity contribution in [1.29, 1.82) is 0.594 Å². The van der Waals surface area contributed by atoms with Gasteiger partial charge in [-0.1, -0.05) is 32.4 Å². The van der Waals surface area contributed by atoms with Crippen LogP contribution in [0.15, 0.2) is 12.2 Å². The molecule has 0 spiro atoms. The highest BCUT2D eigenvalue weighted by Gasteiger charge is 1.35. The summed E-state index contributed by atoms with van der Waals surface area (Å²) >= 11 is 1.40. The molecule has 0 aromatic carbocycles. The first-order chi connectivity index (χ1) is 4.33. The fraction of sp³-hybridized carbons (Fsp3) is 0.714. The highest BCUT2D eigenvalue weighted by molar-refractivity contribution is 14.0. The number of rotatable bonds is 0. The molecule has 0 aromatic heterocycles. The standard InChI is InChI=1S/C4H8.C3H8.HI/c1-3-4-2;1-3-2;/h3-4H,1-2H3;3H2,1-2H3;1H/i/hD. The monoisotopic (exact) mass is 229 g/mol. The first-order valence-electron chi connectivity index (χ1n) is 3.28. The summed E-state index contributed by atoms with van der Waals surface area (Å²) in [5.74, 6) is 0. The lowest BCUT2D eigenvalue weighted by atomic mass is 10.6. The summed E-state index contributed by atoms with van der Waals surface area (Å²) in [5, 5.41) is 0. The van der Waals surface area contributed by atoms with Crippen LogP contribution in [0.25, 0.3) is 0 Å². The molecule has 0 fully saturated rings. The Hall–Kier alpha value is 0.470. The molecule has 0 heterocycles. The van der Waals surface area contributed by atoms with Crippen molar-refractivity contribution in [2.24, 2.45) is 0 Å². The second kappa shape index (κ2) is 26.0. The minimum Gasteiger partial charge on any atom is -0.107 e. The Bertz CT molecular complexity index is 31.9. The van der Waals surface area contributed by atoms with Gasteiger partial charge in [0.25, 0.3) is 0 Å². The van der Waals surface area contributed by atoms with Gasteiger partial charge in [-0.3, -0.25) is 0 Å². The van der Waals surface area contributed by atoms with Gasteiger partial charge in [-0.15, -0.1) is 23.8 Å². The molecular formula is C7H17I. The predicted molar refractivity (Wildman–Crippen MR) is 51.9 cm³/mol. The van der Waals surface area contributed by atoms with E-state index in [1.54, 1.807) is 0 Å². The molecule has 0 radical (unpaired) electrons. The molecule has 52 valence electrons. The zero-order valence-electron chi connectivity index (χ0n) is 7.24. The second-order valence-electron chi connectivity index (χ2n) is 1.37. The highest BCUT2D eigenvalue weighted by Crippen LogP contribution is 1.57. The van der Waals surface area contributed by atoms with Crippen LogP contribution in [-0.2, 0) is 0 Å². The summed E-state index contributed by atoms with van der Waals surface area (Å²) in [4.78, 5) is 0. The summed E-state index contributed by atoms with van der Waals surface area (Å²) in [6.45, 7) is 8.25. The molecule has 0 rings (SSSR count). The minimum absolute atomic E-state index is 1.25. The topological polar surface area (TPSA) is 0 Å². The number of allylic oxidation sites excluding steroid dienone is 2. The van der Waals surface area contributed by atoms with Crippen molar-refractivity contribution >= 4 is 23.8 Å². The van der Waals surface area contributed by atoms with E-state index in [-0.39, 0.29) is 0 Å². The van der Waals surface area contributed by atoms with Crippen LogP contribution in [0.2, 0.25) is 0 Å². The molecule has 0 bridgehead atoms. The van der Waals surface area contributed by atoms with Gasteiger partial charge in [0, 0.05) is 0 Å². The van der Waals surface area contributed by atoms with Gasteiger partial charge in [-0.05, 0) is 13.8 Å². The number of hydrogen-bond acceptors (Lipinski definition) is 0. The van der Waals surface area contributed by atoms with Gasteiger partial charge >= 0.3 is 0 Å². The van der Waals surface area contributed by atoms with Crippen LogP contribution < -0.4 is 0 Å². The zero-order chi connectivity index (χ0) is 8.12. The Labute approximate surface area is 70.8 Å². The summed E-state index contributed by atoms with van der Waals surface area (Å²) in [6, 6.07) is 0. The maximum absolute atomic E-state index is 5.72. The third kappa shape index (κ3) is 89.6. The van der Waals surface area contributed by atoms with Crippen molar-refractivity contribution in [3.05, 3.63) is 12.2 Å². The first kappa shape index (κ1) is 11.3. The van der Waals surface area contributed by atoms with Crippen LogP contribution in [0.5, 0.6) is 0 Å². The minimum atomic E-state index is 1.25. The van der Waals surface area contributed by atoms with E-state index in [0.717, 1.165) is 0 Å². The molecule has 0 atom stereocenters. The van der Waals surface area contributed by atoms with Crippen LogP contribution in [0.1, 0.15) is 34.1 Å². The summed E-state index contributed by atoms with van der Waals surface area (Å²) in [7, 11) is 0. The second-order valence-corrected chi connectivity index (χ2v) is 1.37. The van der Waals surface area contributed by atoms with Gasteiger partial charge in [0.1, 0.15) is 0.594 Å². The van der Waals surface area contributed by atoms with Crippen molar-refractivity contribution in [2.45, 2.75) is 34.1 Å². The smallest absolute Gasteiger partial charge is 0.107 e. The summed E-state index contributed by atoms with van der Waals surface area (Å²) in [5.41, 5.74) is 0. The van der Waals surface area contributed by atoms with Crippen LogP contribution in [-0.4, -0.2) is 0.594 Å². The van der Waals surface area contributed by atoms with Crippen molar-refractivity contribution in [3.8, 4) is 0 Å². The molecule has 0 saturated heterocycles. The van der Waals surface area contributed by atoms with Crippen molar-refractivity contribution in [2.75, 3.05) is 0 Å². The molecule has 1 heteroatoms. The summed E-state index contributed by atoms with van der Waals surface area (Å²) < 4.78 is 5.72. The van der Waals surface area contributed by atoms with E-state index < -0.39 is 0 Å². The Balaban J connectivity index is -0.0000000646. The lowest BCUT2D eigenvalue weighted by Gasteiger charge is -1.49. The fourth-order valence-corrected chi connectivity index (χ4v) is 0. The largest absolute Gasteiger partial charge is 0.107 e. The average Bonchev–Trinajstić information content (AvgIpc) is 1.94. The highest BCUT2D eigenvalue weighted by atomic mass is 127. The SMILES string of the molecule is CC=CC.CCC.[2H]I. The quantitative estimate of drug-likeness (QED) is 0.439. The van der Waals surface area contributed by atoms with Crippen LogP contribution >= 0.6 is 23.8 Å². The number of hydrogen-bond donors (Lipinski definition) is 0. The summed E-state index contributed by atoms with van der Waals surface area (Å²) in [6.07, 6.45) is 5.25. The van der Waals surface area contributed by atoms with E-state index in [0.29, 0.717) is 0 Å². The zero-order valence-corrected chi connectivity index (χ0v) is 8.40.